The molecule has 0 heterocycles. The summed E-state index contributed by atoms with van der Waals surface area (Å²) in [5.74, 6) is -0.797. The summed E-state index contributed by atoms with van der Waals surface area (Å²) in [5.41, 5.74) is 0.943. The van der Waals surface area contributed by atoms with E-state index in [9.17, 15) is 4.79 Å². The maximum absolute atomic E-state index is 10.4. The van der Waals surface area contributed by atoms with Crippen LogP contribution in [0.4, 0.5) is 0 Å². The van der Waals surface area contributed by atoms with Gasteiger partial charge in [0.2, 0.25) is 0 Å². The van der Waals surface area contributed by atoms with E-state index in [0.29, 0.717) is 23.1 Å². The van der Waals surface area contributed by atoms with Crippen LogP contribution in [-0.4, -0.2) is 29.6 Å². The monoisotopic (exact) mass is 261 g/mol. The van der Waals surface area contributed by atoms with Crippen molar-refractivity contribution in [2.75, 3.05) is 13.6 Å². The first-order chi connectivity index (χ1) is 7.49. The van der Waals surface area contributed by atoms with Crippen molar-refractivity contribution in [3.63, 3.8) is 0 Å². The number of hydrogen-bond acceptors (Lipinski definition) is 2. The van der Waals surface area contributed by atoms with Crippen LogP contribution in [0.25, 0.3) is 0 Å². The maximum atomic E-state index is 10.4. The second kappa shape index (κ2) is 6.09. The highest BCUT2D eigenvalue weighted by molar-refractivity contribution is 6.35. The minimum absolute atomic E-state index is 0.127. The average Bonchev–Trinajstić information content (AvgIpc) is 2.19. The molecular weight excluding hydrogens is 249 g/mol. The summed E-state index contributed by atoms with van der Waals surface area (Å²) in [6, 6.07) is 5.30. The molecule has 5 heteroatoms. The topological polar surface area (TPSA) is 40.5 Å². The summed E-state index contributed by atoms with van der Waals surface area (Å²) < 4.78 is 0. The van der Waals surface area contributed by atoms with E-state index in [1.165, 1.54) is 0 Å². The Morgan fingerprint density at radius 2 is 2.12 bits per heavy atom. The van der Waals surface area contributed by atoms with Gasteiger partial charge in [0.05, 0.1) is 6.42 Å². The fraction of sp³-hybridized carbons (Fsp3) is 0.364. The van der Waals surface area contributed by atoms with Crippen molar-refractivity contribution in [2.24, 2.45) is 0 Å². The second-order valence-corrected chi connectivity index (χ2v) is 4.46. The van der Waals surface area contributed by atoms with Crippen molar-refractivity contribution in [3.8, 4) is 0 Å². The van der Waals surface area contributed by atoms with Gasteiger partial charge in [0.15, 0.2) is 0 Å². The zero-order valence-electron chi connectivity index (χ0n) is 8.91. The number of aliphatic carboxylic acids is 1. The summed E-state index contributed by atoms with van der Waals surface area (Å²) in [4.78, 5) is 12.3. The molecule has 1 rings (SSSR count). The van der Waals surface area contributed by atoms with E-state index < -0.39 is 5.97 Å². The number of carboxylic acids is 1. The third-order valence-corrected chi connectivity index (χ3v) is 2.75. The lowest BCUT2D eigenvalue weighted by atomic mass is 10.2. The first-order valence-corrected chi connectivity index (χ1v) is 5.59. The molecule has 0 aromatic heterocycles. The van der Waals surface area contributed by atoms with E-state index in [1.54, 1.807) is 12.1 Å². The molecule has 88 valence electrons. The molecule has 0 aliphatic rings. The number of hydrogen-bond donors (Lipinski definition) is 1. The molecule has 1 aromatic carbocycles. The smallest absolute Gasteiger partial charge is 0.304 e. The van der Waals surface area contributed by atoms with Crippen LogP contribution in [0.5, 0.6) is 0 Å². The zero-order valence-corrected chi connectivity index (χ0v) is 10.4. The van der Waals surface area contributed by atoms with E-state index in [4.69, 9.17) is 28.3 Å². The number of carboxylic acid groups (broad SMARTS) is 1. The maximum Gasteiger partial charge on any atom is 0.304 e. The van der Waals surface area contributed by atoms with Gasteiger partial charge in [-0.3, -0.25) is 4.79 Å². The molecule has 0 amide bonds. The van der Waals surface area contributed by atoms with Crippen molar-refractivity contribution in [1.29, 1.82) is 0 Å². The van der Waals surface area contributed by atoms with Crippen LogP contribution >= 0.6 is 23.2 Å². The molecule has 0 unspecified atom stereocenters. The summed E-state index contributed by atoms with van der Waals surface area (Å²) in [7, 11) is 1.86. The molecule has 0 bridgehead atoms. The van der Waals surface area contributed by atoms with E-state index >= 15 is 0 Å². The lowest BCUT2D eigenvalue weighted by Crippen LogP contribution is -2.21. The normalized spacial score (nSPS) is 10.8. The molecule has 0 aliphatic carbocycles. The van der Waals surface area contributed by atoms with Crippen molar-refractivity contribution >= 4 is 29.2 Å². The summed E-state index contributed by atoms with van der Waals surface area (Å²) in [5, 5.41) is 9.75. The van der Waals surface area contributed by atoms with Gasteiger partial charge in [-0.1, -0.05) is 29.3 Å². The summed E-state index contributed by atoms with van der Waals surface area (Å²) >= 11 is 11.8. The van der Waals surface area contributed by atoms with E-state index in [1.807, 2.05) is 18.0 Å². The number of carbonyl (C=O) groups is 1. The molecule has 0 spiro atoms. The van der Waals surface area contributed by atoms with Crippen LogP contribution in [0.1, 0.15) is 12.0 Å². The molecule has 1 N–H and O–H groups in total. The predicted octanol–water partition coefficient (Wildman–Crippen LogP) is 2.90. The van der Waals surface area contributed by atoms with Gasteiger partial charge in [0, 0.05) is 23.1 Å². The standard InChI is InChI=1S/C11H13Cl2NO2/c1-14(5-4-11(15)16)7-8-2-3-9(12)6-10(8)13/h2-3,6H,4-5,7H2,1H3,(H,15,16). The van der Waals surface area contributed by atoms with Gasteiger partial charge < -0.3 is 10.0 Å². The predicted molar refractivity (Wildman–Crippen MR) is 65.0 cm³/mol. The van der Waals surface area contributed by atoms with Crippen LogP contribution < -0.4 is 0 Å². The number of halogens is 2. The van der Waals surface area contributed by atoms with Gasteiger partial charge in [0.1, 0.15) is 0 Å². The Balaban J connectivity index is 2.55. The molecule has 0 radical (unpaired) electrons. The third kappa shape index (κ3) is 4.39. The Hall–Kier alpha value is -0.770. The van der Waals surface area contributed by atoms with Crippen molar-refractivity contribution < 1.29 is 9.90 Å². The molecular formula is C11H13Cl2NO2. The molecule has 1 aromatic rings. The Labute approximate surface area is 105 Å². The highest BCUT2D eigenvalue weighted by Crippen LogP contribution is 2.21. The van der Waals surface area contributed by atoms with Gasteiger partial charge in [-0.2, -0.15) is 0 Å². The van der Waals surface area contributed by atoms with Crippen LogP contribution in [-0.2, 0) is 11.3 Å². The molecule has 16 heavy (non-hydrogen) atoms. The van der Waals surface area contributed by atoms with E-state index in [2.05, 4.69) is 0 Å². The number of nitrogens with zero attached hydrogens (tertiary/aromatic N) is 1. The molecule has 0 atom stereocenters. The zero-order chi connectivity index (χ0) is 12.1. The Morgan fingerprint density at radius 3 is 2.69 bits per heavy atom. The lowest BCUT2D eigenvalue weighted by molar-refractivity contribution is -0.137. The quantitative estimate of drug-likeness (QED) is 0.886. The minimum atomic E-state index is -0.797. The van der Waals surface area contributed by atoms with Crippen molar-refractivity contribution in [1.82, 2.24) is 4.90 Å². The first-order valence-electron chi connectivity index (χ1n) is 4.83. The van der Waals surface area contributed by atoms with Crippen molar-refractivity contribution in [2.45, 2.75) is 13.0 Å². The number of benzene rings is 1. The number of rotatable bonds is 5. The van der Waals surface area contributed by atoms with Gasteiger partial charge in [0.25, 0.3) is 0 Å². The molecule has 0 aliphatic heterocycles. The fourth-order valence-corrected chi connectivity index (χ4v) is 1.77. The van der Waals surface area contributed by atoms with Gasteiger partial charge in [-0.05, 0) is 24.7 Å². The Bertz CT molecular complexity index is 382. The highest BCUT2D eigenvalue weighted by Gasteiger charge is 2.06. The largest absolute Gasteiger partial charge is 0.481 e. The molecule has 0 saturated heterocycles. The minimum Gasteiger partial charge on any atom is -0.481 e. The molecule has 3 nitrogen and oxygen atoms in total. The fourth-order valence-electron chi connectivity index (χ4n) is 1.31. The Morgan fingerprint density at radius 1 is 1.44 bits per heavy atom. The summed E-state index contributed by atoms with van der Waals surface area (Å²) in [6.45, 7) is 1.11. The van der Waals surface area contributed by atoms with Crippen LogP contribution in [0.2, 0.25) is 10.0 Å². The first kappa shape index (κ1) is 13.3. The van der Waals surface area contributed by atoms with E-state index in [-0.39, 0.29) is 6.42 Å². The molecule has 0 fully saturated rings. The Kier molecular flexibility index (Phi) is 5.06. The third-order valence-electron chi connectivity index (χ3n) is 2.16. The second-order valence-electron chi connectivity index (χ2n) is 3.62. The van der Waals surface area contributed by atoms with Crippen LogP contribution in [0.15, 0.2) is 18.2 Å². The molecule has 0 saturated carbocycles. The van der Waals surface area contributed by atoms with Crippen molar-refractivity contribution in [3.05, 3.63) is 33.8 Å². The lowest BCUT2D eigenvalue weighted by Gasteiger charge is -2.16. The SMILES string of the molecule is CN(CCC(=O)O)Cc1ccc(Cl)cc1Cl. The van der Waals surface area contributed by atoms with Gasteiger partial charge in [-0.15, -0.1) is 0 Å². The van der Waals surface area contributed by atoms with Crippen LogP contribution in [0, 0.1) is 0 Å². The van der Waals surface area contributed by atoms with E-state index in [0.717, 1.165) is 5.56 Å². The average molecular weight is 262 g/mol. The van der Waals surface area contributed by atoms with Crippen LogP contribution in [0.3, 0.4) is 0 Å². The highest BCUT2D eigenvalue weighted by atomic mass is 35.5. The van der Waals surface area contributed by atoms with Gasteiger partial charge >= 0.3 is 5.97 Å². The summed E-state index contributed by atoms with van der Waals surface area (Å²) in [6.07, 6.45) is 0.127. The van der Waals surface area contributed by atoms with Gasteiger partial charge in [-0.25, -0.2) is 0 Å².